The second-order valence-electron chi connectivity index (χ2n) is 13.0. The third-order valence-corrected chi connectivity index (χ3v) is 8.66. The number of fused-ring (bicyclic) bond motifs is 1. The van der Waals surface area contributed by atoms with E-state index in [0.29, 0.717) is 17.4 Å². The van der Waals surface area contributed by atoms with Crippen LogP contribution in [0.1, 0.15) is 114 Å². The van der Waals surface area contributed by atoms with Crippen molar-refractivity contribution in [2.75, 3.05) is 0 Å². The molecule has 4 nitrogen and oxygen atoms in total. The van der Waals surface area contributed by atoms with E-state index in [1.165, 1.54) is 63.4 Å². The second kappa shape index (κ2) is 12.0. The summed E-state index contributed by atoms with van der Waals surface area (Å²) < 4.78 is 6.19. The van der Waals surface area contributed by atoms with E-state index < -0.39 is 0 Å². The van der Waals surface area contributed by atoms with Gasteiger partial charge in [-0.3, -0.25) is 4.79 Å². The van der Waals surface area contributed by atoms with Crippen molar-refractivity contribution in [2.45, 2.75) is 110 Å². The molecule has 1 aromatic heterocycles. The highest BCUT2D eigenvalue weighted by molar-refractivity contribution is 5.97. The van der Waals surface area contributed by atoms with Crippen LogP contribution < -0.4 is 10.1 Å². The Morgan fingerprint density at radius 1 is 0.974 bits per heavy atom. The summed E-state index contributed by atoms with van der Waals surface area (Å²) in [5.74, 6) is 2.66. The van der Waals surface area contributed by atoms with Gasteiger partial charge in [0.15, 0.2) is 5.75 Å². The average Bonchev–Trinajstić information content (AvgIpc) is 3.42. The molecule has 1 heterocycles. The van der Waals surface area contributed by atoms with Crippen LogP contribution in [0.25, 0.3) is 10.8 Å². The fourth-order valence-corrected chi connectivity index (χ4v) is 6.41. The molecular formula is C35H44N2O2. The number of benzene rings is 1. The van der Waals surface area contributed by atoms with E-state index in [0.717, 1.165) is 41.0 Å². The highest BCUT2D eigenvalue weighted by Gasteiger charge is 2.22. The summed E-state index contributed by atoms with van der Waals surface area (Å²) in [6.07, 6.45) is 13.5. The van der Waals surface area contributed by atoms with E-state index in [1.54, 1.807) is 0 Å². The molecule has 2 saturated carbocycles. The topological polar surface area (TPSA) is 51.2 Å². The molecule has 5 rings (SSSR count). The van der Waals surface area contributed by atoms with E-state index in [-0.39, 0.29) is 17.4 Å². The predicted octanol–water partition coefficient (Wildman–Crippen LogP) is 8.75. The van der Waals surface area contributed by atoms with Gasteiger partial charge in [-0.15, -0.1) is 0 Å². The highest BCUT2D eigenvalue weighted by atomic mass is 16.5. The van der Waals surface area contributed by atoms with E-state index in [1.807, 2.05) is 24.3 Å². The van der Waals surface area contributed by atoms with Crippen molar-refractivity contribution in [3.05, 3.63) is 65.5 Å². The average molecular weight is 525 g/mol. The van der Waals surface area contributed by atoms with Gasteiger partial charge in [-0.25, -0.2) is 4.98 Å². The molecule has 4 heteroatoms. The Balaban J connectivity index is 1.37. The van der Waals surface area contributed by atoms with E-state index in [9.17, 15) is 4.79 Å². The van der Waals surface area contributed by atoms with Crippen LogP contribution in [0, 0.1) is 24.0 Å². The van der Waals surface area contributed by atoms with Gasteiger partial charge in [0.05, 0.1) is 5.69 Å². The number of aromatic nitrogens is 1. The molecule has 0 spiro atoms. The number of nitrogens with one attached hydrogen (secondary N) is 1. The van der Waals surface area contributed by atoms with E-state index in [2.05, 4.69) is 57.3 Å². The predicted molar refractivity (Wildman–Crippen MR) is 158 cm³/mol. The maximum atomic E-state index is 13.3. The first-order valence-corrected chi connectivity index (χ1v) is 15.1. The summed E-state index contributed by atoms with van der Waals surface area (Å²) >= 11 is 0. The minimum absolute atomic E-state index is 0.0828. The lowest BCUT2D eigenvalue weighted by Gasteiger charge is -2.25. The summed E-state index contributed by atoms with van der Waals surface area (Å²) in [4.78, 5) is 18.3. The summed E-state index contributed by atoms with van der Waals surface area (Å²) in [5.41, 5.74) is 2.83. The number of carbonyl (C=O) groups excluding carboxylic acids is 1. The monoisotopic (exact) mass is 524 g/mol. The van der Waals surface area contributed by atoms with Gasteiger partial charge in [-0.2, -0.15) is 0 Å². The van der Waals surface area contributed by atoms with Gasteiger partial charge in [-0.05, 0) is 72.9 Å². The van der Waals surface area contributed by atoms with Crippen molar-refractivity contribution < 1.29 is 9.53 Å². The van der Waals surface area contributed by atoms with Crippen molar-refractivity contribution in [3.8, 4) is 11.5 Å². The summed E-state index contributed by atoms with van der Waals surface area (Å²) in [6, 6.07) is 18.8. The van der Waals surface area contributed by atoms with E-state index in [4.69, 9.17) is 9.72 Å². The summed E-state index contributed by atoms with van der Waals surface area (Å²) in [5, 5.41) is 5.12. The summed E-state index contributed by atoms with van der Waals surface area (Å²) in [6.45, 7) is 8.75. The molecule has 0 unspecified atom stereocenters. The Morgan fingerprint density at radius 3 is 2.33 bits per heavy atom. The van der Waals surface area contributed by atoms with Crippen LogP contribution >= 0.6 is 0 Å². The molecule has 2 aromatic carbocycles. The van der Waals surface area contributed by atoms with E-state index >= 15 is 0 Å². The number of hydrogen-bond acceptors (Lipinski definition) is 3. The smallest absolute Gasteiger partial charge is 0.270 e. The minimum Gasteiger partial charge on any atom is -0.448 e. The van der Waals surface area contributed by atoms with Crippen LogP contribution in [0.3, 0.4) is 0 Å². The van der Waals surface area contributed by atoms with Gasteiger partial charge in [0.2, 0.25) is 0 Å². The molecule has 206 valence electrons. The highest BCUT2D eigenvalue weighted by Crippen LogP contribution is 2.32. The summed E-state index contributed by atoms with van der Waals surface area (Å²) in [7, 11) is 0. The molecule has 2 aliphatic rings. The number of ether oxygens (including phenoxy) is 1. The molecule has 1 atom stereocenters. The Labute approximate surface area is 235 Å². The van der Waals surface area contributed by atoms with Crippen LogP contribution in [0.5, 0.6) is 11.5 Å². The van der Waals surface area contributed by atoms with Gasteiger partial charge < -0.3 is 10.1 Å². The molecule has 2 fully saturated rings. The second-order valence-corrected chi connectivity index (χ2v) is 13.0. The lowest BCUT2D eigenvalue weighted by Crippen LogP contribution is -2.35. The molecule has 0 bridgehead atoms. The largest absolute Gasteiger partial charge is 0.448 e. The Kier molecular flexibility index (Phi) is 8.46. The van der Waals surface area contributed by atoms with Crippen molar-refractivity contribution in [2.24, 2.45) is 11.8 Å². The van der Waals surface area contributed by atoms with Gasteiger partial charge in [0, 0.05) is 16.8 Å². The molecule has 0 aliphatic heterocycles. The van der Waals surface area contributed by atoms with Crippen LogP contribution in [0.15, 0.2) is 36.4 Å². The number of rotatable bonds is 8. The number of amides is 1. The number of carbonyl (C=O) groups is 1. The number of hydrogen-bond donors (Lipinski definition) is 1. The SMILES string of the molecule is C[C@H](CC1CCCCC1)NC(=O)c1cc2c#cc(Oc3ccc(C(C)(C)C)cc3)cc2c(CC2CCCC2)n1. The quantitative estimate of drug-likeness (QED) is 0.320. The lowest BCUT2D eigenvalue weighted by molar-refractivity contribution is 0.0927. The zero-order valence-corrected chi connectivity index (χ0v) is 24.2. The van der Waals surface area contributed by atoms with Gasteiger partial charge in [-0.1, -0.05) is 96.8 Å². The van der Waals surface area contributed by atoms with Crippen molar-refractivity contribution in [1.29, 1.82) is 0 Å². The third kappa shape index (κ3) is 7.13. The standard InChI is InChI=1S/C35H44N2O2/c1-24(20-25-10-6-5-7-11-25)36-34(38)33-22-27-14-17-30(39-29-18-15-28(16-19-29)35(2,3)4)23-31(27)32(37-33)21-26-12-8-9-13-26/h15-16,18-19,22-26H,5-13,20-21H2,1-4H3,(H,36,38)/t24-/m1/s1. The normalized spacial score (nSPS) is 17.6. The first-order valence-electron chi connectivity index (χ1n) is 15.1. The zero-order chi connectivity index (χ0) is 27.4. The van der Waals surface area contributed by atoms with Crippen LogP contribution in [-0.2, 0) is 11.8 Å². The van der Waals surface area contributed by atoms with Gasteiger partial charge in [0.25, 0.3) is 5.91 Å². The molecule has 0 saturated heterocycles. The first-order chi connectivity index (χ1) is 18.7. The Morgan fingerprint density at radius 2 is 1.64 bits per heavy atom. The van der Waals surface area contributed by atoms with Gasteiger partial charge in [0.1, 0.15) is 11.4 Å². The fourth-order valence-electron chi connectivity index (χ4n) is 6.41. The number of nitrogens with zero attached hydrogens (tertiary/aromatic N) is 1. The van der Waals surface area contributed by atoms with Crippen molar-refractivity contribution in [1.82, 2.24) is 10.3 Å². The van der Waals surface area contributed by atoms with Crippen LogP contribution in [0.4, 0.5) is 0 Å². The molecule has 0 radical (unpaired) electrons. The maximum Gasteiger partial charge on any atom is 0.270 e. The van der Waals surface area contributed by atoms with Gasteiger partial charge >= 0.3 is 0 Å². The molecule has 1 N–H and O–H groups in total. The van der Waals surface area contributed by atoms with Crippen LogP contribution in [-0.4, -0.2) is 16.9 Å². The Hall–Kier alpha value is -3.06. The van der Waals surface area contributed by atoms with Crippen molar-refractivity contribution >= 4 is 16.7 Å². The molecular weight excluding hydrogens is 480 g/mol. The lowest BCUT2D eigenvalue weighted by atomic mass is 9.85. The van der Waals surface area contributed by atoms with Crippen LogP contribution in [0.2, 0.25) is 0 Å². The molecule has 1 amide bonds. The minimum atomic E-state index is -0.0828. The maximum absolute atomic E-state index is 13.3. The Bertz CT molecular complexity index is 1260. The van der Waals surface area contributed by atoms with Crippen molar-refractivity contribution in [3.63, 3.8) is 0 Å². The first kappa shape index (κ1) is 27.5. The molecule has 39 heavy (non-hydrogen) atoms. The molecule has 3 aromatic rings. The molecule has 2 aliphatic carbocycles. The number of pyridine rings is 1. The fraction of sp³-hybridized carbons (Fsp3) is 0.543. The third-order valence-electron chi connectivity index (χ3n) is 8.66. The zero-order valence-electron chi connectivity index (χ0n) is 24.2.